The van der Waals surface area contributed by atoms with Crippen LogP contribution in [0.15, 0.2) is 36.5 Å². The van der Waals surface area contributed by atoms with E-state index in [0.29, 0.717) is 5.69 Å². The molecule has 2 rings (SSSR count). The number of nitriles is 1. The molecule has 0 saturated carbocycles. The van der Waals surface area contributed by atoms with Crippen LogP contribution < -0.4 is 0 Å². The predicted molar refractivity (Wildman–Crippen MR) is 62.1 cm³/mol. The summed E-state index contributed by atoms with van der Waals surface area (Å²) in [6, 6.07) is 9.77. The first-order chi connectivity index (χ1) is 8.15. The Bertz CT molecular complexity index is 628. The van der Waals surface area contributed by atoms with E-state index in [2.05, 4.69) is 0 Å². The minimum Gasteiger partial charge on any atom is -0.302 e. The lowest BCUT2D eigenvalue weighted by atomic mass is 10.2. The van der Waals surface area contributed by atoms with E-state index >= 15 is 0 Å². The molecule has 0 unspecified atom stereocenters. The first kappa shape index (κ1) is 11.2. The maximum Gasteiger partial charge on any atom is 0.311 e. The molecule has 0 amide bonds. The number of halogens is 1. The number of hydrogen-bond acceptors (Lipinski definition) is 3. The predicted octanol–water partition coefficient (Wildman–Crippen LogP) is 2.91. The lowest BCUT2D eigenvalue weighted by Crippen LogP contribution is -2.01. The molecule has 1 aromatic carbocycles. The highest BCUT2D eigenvalue weighted by molar-refractivity contribution is 6.33. The van der Waals surface area contributed by atoms with Gasteiger partial charge in [-0.25, -0.2) is 0 Å². The summed E-state index contributed by atoms with van der Waals surface area (Å²) in [6.07, 6.45) is 1.58. The highest BCUT2D eigenvalue weighted by Gasteiger charge is 2.20. The molecular weight excluding hydrogens is 242 g/mol. The van der Waals surface area contributed by atoms with Crippen molar-refractivity contribution in [1.82, 2.24) is 4.57 Å². The Morgan fingerprint density at radius 2 is 2.12 bits per heavy atom. The van der Waals surface area contributed by atoms with Crippen molar-refractivity contribution < 1.29 is 4.92 Å². The summed E-state index contributed by atoms with van der Waals surface area (Å²) in [5, 5.41) is 19.9. The summed E-state index contributed by atoms with van der Waals surface area (Å²) in [5.41, 5.74) is 0.390. The van der Waals surface area contributed by atoms with Gasteiger partial charge in [-0.3, -0.25) is 10.1 Å². The standard InChI is InChI=1S/C11H6ClN3O2/c12-9-4-1-5-10(11(9)15(16)17)14-6-2-3-8(14)7-13/h1-6H. The maximum atomic E-state index is 11.0. The molecule has 1 aromatic heterocycles. The first-order valence-electron chi connectivity index (χ1n) is 4.66. The van der Waals surface area contributed by atoms with Gasteiger partial charge in [0.25, 0.3) is 0 Å². The fraction of sp³-hybridized carbons (Fsp3) is 0. The molecule has 5 nitrogen and oxygen atoms in total. The zero-order chi connectivity index (χ0) is 12.4. The van der Waals surface area contributed by atoms with Gasteiger partial charge in [-0.15, -0.1) is 0 Å². The third-order valence-corrected chi connectivity index (χ3v) is 2.58. The second-order valence-electron chi connectivity index (χ2n) is 3.24. The molecule has 6 heteroatoms. The van der Waals surface area contributed by atoms with Crippen LogP contribution >= 0.6 is 11.6 Å². The Labute approximate surface area is 102 Å². The Hall–Kier alpha value is -2.32. The minimum atomic E-state index is -0.557. The van der Waals surface area contributed by atoms with Crippen LogP contribution in [0.4, 0.5) is 5.69 Å². The lowest BCUT2D eigenvalue weighted by molar-refractivity contribution is -0.384. The zero-order valence-electron chi connectivity index (χ0n) is 8.50. The Morgan fingerprint density at radius 1 is 1.35 bits per heavy atom. The molecule has 0 aliphatic rings. The average Bonchev–Trinajstić information content (AvgIpc) is 2.75. The van der Waals surface area contributed by atoms with E-state index in [1.807, 2.05) is 6.07 Å². The second kappa shape index (κ2) is 4.28. The molecule has 0 bridgehead atoms. The number of hydrogen-bond donors (Lipinski definition) is 0. The molecular formula is C11H6ClN3O2. The van der Waals surface area contributed by atoms with Gasteiger partial charge in [0.05, 0.1) is 4.92 Å². The fourth-order valence-corrected chi connectivity index (χ4v) is 1.80. The third kappa shape index (κ3) is 1.86. The molecule has 0 aliphatic heterocycles. The molecule has 0 atom stereocenters. The molecule has 0 fully saturated rings. The summed E-state index contributed by atoms with van der Waals surface area (Å²) in [6.45, 7) is 0. The zero-order valence-corrected chi connectivity index (χ0v) is 9.26. The van der Waals surface area contributed by atoms with Gasteiger partial charge in [-0.1, -0.05) is 17.7 Å². The van der Waals surface area contributed by atoms with Gasteiger partial charge in [0.1, 0.15) is 22.5 Å². The molecule has 0 N–H and O–H groups in total. The molecule has 84 valence electrons. The summed E-state index contributed by atoms with van der Waals surface area (Å²) in [7, 11) is 0. The number of nitro groups is 1. The number of para-hydroxylation sites is 1. The quantitative estimate of drug-likeness (QED) is 0.605. The van der Waals surface area contributed by atoms with Crippen LogP contribution in [0.25, 0.3) is 5.69 Å². The van der Waals surface area contributed by atoms with Gasteiger partial charge in [-0.05, 0) is 24.3 Å². The van der Waals surface area contributed by atoms with E-state index in [0.717, 1.165) is 0 Å². The van der Waals surface area contributed by atoms with Crippen LogP contribution in [-0.4, -0.2) is 9.49 Å². The van der Waals surface area contributed by atoms with Gasteiger partial charge in [-0.2, -0.15) is 5.26 Å². The van der Waals surface area contributed by atoms with Crippen molar-refractivity contribution in [2.24, 2.45) is 0 Å². The van der Waals surface area contributed by atoms with Crippen LogP contribution in [0.5, 0.6) is 0 Å². The van der Waals surface area contributed by atoms with Crippen molar-refractivity contribution in [2.75, 3.05) is 0 Å². The molecule has 0 aliphatic carbocycles. The number of rotatable bonds is 2. The molecule has 2 aromatic rings. The SMILES string of the molecule is N#Cc1cccn1-c1cccc(Cl)c1[N+](=O)[O-]. The number of nitro benzene ring substituents is 1. The van der Waals surface area contributed by atoms with E-state index in [1.54, 1.807) is 30.5 Å². The number of aromatic nitrogens is 1. The Balaban J connectivity index is 2.73. The highest BCUT2D eigenvalue weighted by atomic mass is 35.5. The van der Waals surface area contributed by atoms with Crippen LogP contribution in [-0.2, 0) is 0 Å². The smallest absolute Gasteiger partial charge is 0.302 e. The van der Waals surface area contributed by atoms with Gasteiger partial charge in [0.2, 0.25) is 0 Å². The van der Waals surface area contributed by atoms with Crippen LogP contribution in [0, 0.1) is 21.4 Å². The second-order valence-corrected chi connectivity index (χ2v) is 3.65. The molecule has 0 saturated heterocycles. The highest BCUT2D eigenvalue weighted by Crippen LogP contribution is 2.31. The number of benzene rings is 1. The van der Waals surface area contributed by atoms with Crippen LogP contribution in [0.1, 0.15) is 5.69 Å². The van der Waals surface area contributed by atoms with E-state index in [9.17, 15) is 10.1 Å². The topological polar surface area (TPSA) is 71.9 Å². The normalized spacial score (nSPS) is 9.88. The summed E-state index contributed by atoms with van der Waals surface area (Å²) >= 11 is 5.80. The minimum absolute atomic E-state index is 0.0464. The van der Waals surface area contributed by atoms with E-state index < -0.39 is 4.92 Å². The molecule has 0 radical (unpaired) electrons. The van der Waals surface area contributed by atoms with Crippen LogP contribution in [0.3, 0.4) is 0 Å². The van der Waals surface area contributed by atoms with E-state index in [-0.39, 0.29) is 16.4 Å². The van der Waals surface area contributed by atoms with Crippen LogP contribution in [0.2, 0.25) is 5.02 Å². The third-order valence-electron chi connectivity index (χ3n) is 2.27. The lowest BCUT2D eigenvalue weighted by Gasteiger charge is -2.06. The summed E-state index contributed by atoms with van der Waals surface area (Å²) in [4.78, 5) is 10.4. The average molecular weight is 248 g/mol. The van der Waals surface area contributed by atoms with Crippen molar-refractivity contribution in [2.45, 2.75) is 0 Å². The largest absolute Gasteiger partial charge is 0.311 e. The van der Waals surface area contributed by atoms with Gasteiger partial charge in [0.15, 0.2) is 0 Å². The van der Waals surface area contributed by atoms with Crippen molar-refractivity contribution in [3.8, 4) is 11.8 Å². The van der Waals surface area contributed by atoms with E-state index in [4.69, 9.17) is 16.9 Å². The van der Waals surface area contributed by atoms with E-state index in [1.165, 1.54) is 10.6 Å². The first-order valence-corrected chi connectivity index (χ1v) is 5.03. The summed E-state index contributed by atoms with van der Waals surface area (Å²) in [5.74, 6) is 0. The van der Waals surface area contributed by atoms with Crippen molar-refractivity contribution in [1.29, 1.82) is 5.26 Å². The monoisotopic (exact) mass is 247 g/mol. The van der Waals surface area contributed by atoms with Crippen molar-refractivity contribution in [3.63, 3.8) is 0 Å². The van der Waals surface area contributed by atoms with Crippen molar-refractivity contribution in [3.05, 3.63) is 57.4 Å². The van der Waals surface area contributed by atoms with Gasteiger partial charge < -0.3 is 4.57 Å². The van der Waals surface area contributed by atoms with Gasteiger partial charge >= 0.3 is 5.69 Å². The Kier molecular flexibility index (Phi) is 2.81. The van der Waals surface area contributed by atoms with Gasteiger partial charge in [0, 0.05) is 6.20 Å². The molecule has 1 heterocycles. The fourth-order valence-electron chi connectivity index (χ4n) is 1.56. The molecule has 0 spiro atoms. The summed E-state index contributed by atoms with van der Waals surface area (Å²) < 4.78 is 1.43. The number of nitrogens with zero attached hydrogens (tertiary/aromatic N) is 3. The Morgan fingerprint density at radius 3 is 2.76 bits per heavy atom. The maximum absolute atomic E-state index is 11.0. The molecule has 17 heavy (non-hydrogen) atoms. The van der Waals surface area contributed by atoms with Crippen molar-refractivity contribution >= 4 is 17.3 Å².